The summed E-state index contributed by atoms with van der Waals surface area (Å²) in [6.07, 6.45) is 1.24. The van der Waals surface area contributed by atoms with Gasteiger partial charge in [0, 0.05) is 29.4 Å². The lowest BCUT2D eigenvalue weighted by Gasteiger charge is -2.32. The van der Waals surface area contributed by atoms with Crippen molar-refractivity contribution in [3.8, 4) is 5.75 Å². The molecular formula is C21H24BrN3O4. The third-order valence-electron chi connectivity index (χ3n) is 4.68. The number of carbonyl (C=O) groups excluding carboxylic acids is 1. The van der Waals surface area contributed by atoms with Crippen LogP contribution in [0.4, 0.5) is 22.0 Å². The molecule has 2 aromatic rings. The second-order valence-electron chi connectivity index (χ2n) is 7.95. The molecule has 3 heterocycles. The number of amides is 1. The number of pyridine rings is 1. The molecule has 7 nitrogen and oxygen atoms in total. The molecule has 1 saturated heterocycles. The summed E-state index contributed by atoms with van der Waals surface area (Å²) in [6.45, 7) is 8.74. The van der Waals surface area contributed by atoms with Crippen molar-refractivity contribution >= 4 is 39.2 Å². The highest BCUT2D eigenvalue weighted by Crippen LogP contribution is 2.43. The Morgan fingerprint density at radius 3 is 2.66 bits per heavy atom. The van der Waals surface area contributed by atoms with Gasteiger partial charge >= 0.3 is 6.09 Å². The molecule has 4 rings (SSSR count). The molecule has 0 radical (unpaired) electrons. The van der Waals surface area contributed by atoms with E-state index in [9.17, 15) is 4.79 Å². The van der Waals surface area contributed by atoms with Crippen LogP contribution in [0.2, 0.25) is 0 Å². The van der Waals surface area contributed by atoms with E-state index in [4.69, 9.17) is 14.2 Å². The monoisotopic (exact) mass is 461 g/mol. The number of halogens is 1. The summed E-state index contributed by atoms with van der Waals surface area (Å²) in [5, 5.41) is 0. The van der Waals surface area contributed by atoms with E-state index in [1.165, 1.54) is 4.90 Å². The molecule has 0 unspecified atom stereocenters. The van der Waals surface area contributed by atoms with Crippen LogP contribution in [0.25, 0.3) is 0 Å². The SMILES string of the molecule is CC(C)(C)OC(=O)N1c2ccc(Br)cc2OCc2c(N3CCOCC3)ccnc21. The fourth-order valence-electron chi connectivity index (χ4n) is 3.45. The van der Waals surface area contributed by atoms with Crippen LogP contribution in [0.3, 0.4) is 0 Å². The Kier molecular flexibility index (Phi) is 5.40. The normalized spacial score (nSPS) is 16.4. The van der Waals surface area contributed by atoms with Crippen molar-refractivity contribution in [2.75, 3.05) is 36.1 Å². The number of fused-ring (bicyclic) bond motifs is 2. The van der Waals surface area contributed by atoms with Gasteiger partial charge in [-0.25, -0.2) is 14.7 Å². The van der Waals surface area contributed by atoms with Crippen molar-refractivity contribution in [2.24, 2.45) is 0 Å². The number of morpholine rings is 1. The number of aromatic nitrogens is 1. The fourth-order valence-corrected chi connectivity index (χ4v) is 3.79. The molecule has 0 atom stereocenters. The molecule has 8 heteroatoms. The van der Waals surface area contributed by atoms with Crippen molar-refractivity contribution in [1.82, 2.24) is 4.98 Å². The molecule has 0 aliphatic carbocycles. The van der Waals surface area contributed by atoms with E-state index < -0.39 is 11.7 Å². The molecule has 1 aromatic carbocycles. The zero-order valence-electron chi connectivity index (χ0n) is 16.8. The second-order valence-corrected chi connectivity index (χ2v) is 8.86. The lowest BCUT2D eigenvalue weighted by atomic mass is 10.1. The van der Waals surface area contributed by atoms with Crippen molar-refractivity contribution in [1.29, 1.82) is 0 Å². The van der Waals surface area contributed by atoms with Crippen LogP contribution >= 0.6 is 15.9 Å². The predicted octanol–water partition coefficient (Wildman–Crippen LogP) is 4.65. The summed E-state index contributed by atoms with van der Waals surface area (Å²) in [6, 6.07) is 7.53. The Labute approximate surface area is 178 Å². The molecule has 1 aromatic heterocycles. The summed E-state index contributed by atoms with van der Waals surface area (Å²) < 4.78 is 18.2. The highest BCUT2D eigenvalue weighted by atomic mass is 79.9. The van der Waals surface area contributed by atoms with Crippen molar-refractivity contribution < 1.29 is 19.0 Å². The van der Waals surface area contributed by atoms with Gasteiger partial charge in [-0.15, -0.1) is 0 Å². The minimum absolute atomic E-state index is 0.304. The third kappa shape index (κ3) is 4.18. The van der Waals surface area contributed by atoms with Crippen LogP contribution in [-0.4, -0.2) is 43.0 Å². The highest BCUT2D eigenvalue weighted by molar-refractivity contribution is 9.10. The minimum atomic E-state index is -0.637. The molecule has 1 fully saturated rings. The van der Waals surface area contributed by atoms with Gasteiger partial charge in [0.05, 0.1) is 24.5 Å². The smallest absolute Gasteiger partial charge is 0.420 e. The van der Waals surface area contributed by atoms with Gasteiger partial charge in [0.25, 0.3) is 0 Å². The van der Waals surface area contributed by atoms with Gasteiger partial charge < -0.3 is 19.1 Å². The maximum absolute atomic E-state index is 13.2. The lowest BCUT2D eigenvalue weighted by Crippen LogP contribution is -2.38. The van der Waals surface area contributed by atoms with E-state index in [-0.39, 0.29) is 0 Å². The molecule has 29 heavy (non-hydrogen) atoms. The van der Waals surface area contributed by atoms with E-state index in [1.54, 1.807) is 6.20 Å². The first-order chi connectivity index (χ1) is 13.8. The number of hydrogen-bond donors (Lipinski definition) is 0. The summed E-state index contributed by atoms with van der Waals surface area (Å²) in [4.78, 5) is 21.5. The Hall–Kier alpha value is -2.32. The molecule has 2 aliphatic rings. The van der Waals surface area contributed by atoms with Gasteiger partial charge in [-0.05, 0) is 45.0 Å². The van der Waals surface area contributed by atoms with Crippen LogP contribution in [0.15, 0.2) is 34.9 Å². The number of ether oxygens (including phenoxy) is 3. The zero-order chi connectivity index (χ0) is 20.6. The Morgan fingerprint density at radius 1 is 1.17 bits per heavy atom. The van der Waals surface area contributed by atoms with Crippen LogP contribution in [0, 0.1) is 0 Å². The van der Waals surface area contributed by atoms with Crippen LogP contribution in [-0.2, 0) is 16.1 Å². The Balaban J connectivity index is 1.84. The molecule has 0 N–H and O–H groups in total. The van der Waals surface area contributed by atoms with Crippen molar-refractivity contribution in [3.63, 3.8) is 0 Å². The van der Waals surface area contributed by atoms with E-state index in [2.05, 4.69) is 25.8 Å². The molecule has 154 valence electrons. The lowest BCUT2D eigenvalue weighted by molar-refractivity contribution is 0.0598. The number of rotatable bonds is 1. The van der Waals surface area contributed by atoms with Gasteiger partial charge in [-0.1, -0.05) is 15.9 Å². The van der Waals surface area contributed by atoms with Crippen LogP contribution < -0.4 is 14.5 Å². The maximum Gasteiger partial charge on any atom is 0.420 e. The molecule has 2 aliphatic heterocycles. The summed E-state index contributed by atoms with van der Waals surface area (Å²) in [5.41, 5.74) is 1.82. The Bertz CT molecular complexity index is 923. The molecule has 0 spiro atoms. The van der Waals surface area contributed by atoms with Crippen LogP contribution in [0.5, 0.6) is 5.75 Å². The number of anilines is 3. The van der Waals surface area contributed by atoms with Crippen molar-refractivity contribution in [2.45, 2.75) is 33.0 Å². The van der Waals surface area contributed by atoms with Gasteiger partial charge in [0.2, 0.25) is 0 Å². The van der Waals surface area contributed by atoms with E-state index in [0.717, 1.165) is 28.8 Å². The van der Waals surface area contributed by atoms with Crippen molar-refractivity contribution in [3.05, 3.63) is 40.5 Å². The van der Waals surface area contributed by atoms with Gasteiger partial charge in [0.15, 0.2) is 5.82 Å². The summed E-state index contributed by atoms with van der Waals surface area (Å²) in [7, 11) is 0. The minimum Gasteiger partial charge on any atom is -0.486 e. The second kappa shape index (κ2) is 7.84. The van der Waals surface area contributed by atoms with E-state index in [0.29, 0.717) is 37.1 Å². The first kappa shape index (κ1) is 20.0. The number of benzene rings is 1. The van der Waals surface area contributed by atoms with E-state index in [1.807, 2.05) is 45.0 Å². The Morgan fingerprint density at radius 2 is 1.93 bits per heavy atom. The fraction of sp³-hybridized carbons (Fsp3) is 0.429. The number of hydrogen-bond acceptors (Lipinski definition) is 6. The first-order valence-electron chi connectivity index (χ1n) is 9.59. The molecule has 0 saturated carbocycles. The standard InChI is InChI=1S/C21H24BrN3O4/c1-21(2,3)29-20(26)25-17-5-4-14(22)12-18(17)28-13-15-16(6-7-23-19(15)25)24-8-10-27-11-9-24/h4-7,12H,8-11,13H2,1-3H3. The molecule has 0 bridgehead atoms. The average molecular weight is 462 g/mol. The average Bonchev–Trinajstić information content (AvgIpc) is 2.83. The molecule has 1 amide bonds. The van der Waals surface area contributed by atoms with Gasteiger partial charge in [-0.2, -0.15) is 0 Å². The predicted molar refractivity (Wildman–Crippen MR) is 114 cm³/mol. The summed E-state index contributed by atoms with van der Waals surface area (Å²) in [5.74, 6) is 1.13. The third-order valence-corrected chi connectivity index (χ3v) is 5.18. The molecular weight excluding hydrogens is 438 g/mol. The summed E-state index contributed by atoms with van der Waals surface area (Å²) >= 11 is 3.48. The number of carbonyl (C=O) groups is 1. The highest BCUT2D eigenvalue weighted by Gasteiger charge is 2.33. The number of nitrogens with zero attached hydrogens (tertiary/aromatic N) is 3. The van der Waals surface area contributed by atoms with E-state index >= 15 is 0 Å². The zero-order valence-corrected chi connectivity index (χ0v) is 18.4. The maximum atomic E-state index is 13.2. The van der Waals surface area contributed by atoms with Gasteiger partial charge in [-0.3, -0.25) is 0 Å². The first-order valence-corrected chi connectivity index (χ1v) is 10.4. The largest absolute Gasteiger partial charge is 0.486 e. The quantitative estimate of drug-likeness (QED) is 0.615. The van der Waals surface area contributed by atoms with Gasteiger partial charge in [0.1, 0.15) is 18.0 Å². The topological polar surface area (TPSA) is 64.1 Å². The van der Waals surface area contributed by atoms with Crippen LogP contribution in [0.1, 0.15) is 26.3 Å².